The van der Waals surface area contributed by atoms with Crippen molar-refractivity contribution in [2.24, 2.45) is 5.92 Å². The molecule has 238 valence electrons. The van der Waals surface area contributed by atoms with E-state index in [2.05, 4.69) is 46.7 Å². The molecule has 2 amide bonds. The van der Waals surface area contributed by atoms with Crippen LogP contribution in [-0.2, 0) is 11.2 Å². The minimum Gasteiger partial charge on any atom is -0.382 e. The molecule has 0 radical (unpaired) electrons. The molecule has 0 aromatic heterocycles. The second kappa shape index (κ2) is 14.1. The van der Waals surface area contributed by atoms with Crippen molar-refractivity contribution in [2.45, 2.75) is 90.1 Å². The van der Waals surface area contributed by atoms with Gasteiger partial charge in [-0.05, 0) is 98.9 Å². The lowest BCUT2D eigenvalue weighted by Gasteiger charge is -2.41. The number of nitrogens with zero attached hydrogens (tertiary/aromatic N) is 2. The molecule has 45 heavy (non-hydrogen) atoms. The van der Waals surface area contributed by atoms with E-state index in [1.165, 1.54) is 62.3 Å². The maximum atomic E-state index is 15.1. The topological polar surface area (TPSA) is 64.7 Å². The average Bonchev–Trinajstić information content (AvgIpc) is 3.60. The molecule has 0 spiro atoms. The SMILES string of the molecule is CCc1ccc(NC(=O)C2CCCN(C(=O)c3c(C)cccc3F)[C@H]2c2ccc(NC3CCCCC3)cc2)cc1N1CCCC1. The number of rotatable bonds is 8. The highest BCUT2D eigenvalue weighted by molar-refractivity contribution is 5.98. The van der Waals surface area contributed by atoms with Crippen LogP contribution in [0.5, 0.6) is 0 Å². The van der Waals surface area contributed by atoms with E-state index in [1.54, 1.807) is 24.0 Å². The van der Waals surface area contributed by atoms with Crippen molar-refractivity contribution >= 4 is 28.9 Å². The van der Waals surface area contributed by atoms with E-state index in [1.807, 2.05) is 18.2 Å². The molecule has 7 heteroatoms. The van der Waals surface area contributed by atoms with Gasteiger partial charge in [0.1, 0.15) is 5.82 Å². The molecule has 1 unspecified atom stereocenters. The zero-order chi connectivity index (χ0) is 31.3. The molecule has 2 atom stereocenters. The molecular weight excluding hydrogens is 563 g/mol. The third-order valence-corrected chi connectivity index (χ3v) is 10.1. The highest BCUT2D eigenvalue weighted by Crippen LogP contribution is 2.39. The van der Waals surface area contributed by atoms with Crippen LogP contribution in [0.4, 0.5) is 21.5 Å². The summed E-state index contributed by atoms with van der Waals surface area (Å²) in [7, 11) is 0. The summed E-state index contributed by atoms with van der Waals surface area (Å²) in [6.45, 7) is 6.47. The number of hydrogen-bond acceptors (Lipinski definition) is 4. The second-order valence-electron chi connectivity index (χ2n) is 13.1. The molecule has 2 N–H and O–H groups in total. The quantitative estimate of drug-likeness (QED) is 0.270. The number of piperidine rings is 1. The Morgan fingerprint density at radius 3 is 2.29 bits per heavy atom. The molecule has 3 aromatic carbocycles. The molecule has 2 saturated heterocycles. The number of carbonyl (C=O) groups excluding carboxylic acids is 2. The first kappa shape index (κ1) is 31.1. The Morgan fingerprint density at radius 2 is 1.58 bits per heavy atom. The van der Waals surface area contributed by atoms with Gasteiger partial charge in [-0.25, -0.2) is 4.39 Å². The van der Waals surface area contributed by atoms with Crippen LogP contribution in [0, 0.1) is 18.7 Å². The van der Waals surface area contributed by atoms with Gasteiger partial charge in [-0.3, -0.25) is 9.59 Å². The van der Waals surface area contributed by atoms with Crippen LogP contribution in [0.15, 0.2) is 60.7 Å². The van der Waals surface area contributed by atoms with E-state index < -0.39 is 17.8 Å². The fourth-order valence-electron chi connectivity index (χ4n) is 7.64. The smallest absolute Gasteiger partial charge is 0.257 e. The fourth-order valence-corrected chi connectivity index (χ4v) is 7.64. The van der Waals surface area contributed by atoms with Crippen LogP contribution in [0.1, 0.15) is 97.8 Å². The van der Waals surface area contributed by atoms with Crippen molar-refractivity contribution in [1.82, 2.24) is 4.90 Å². The van der Waals surface area contributed by atoms with Gasteiger partial charge in [0, 0.05) is 42.7 Å². The lowest BCUT2D eigenvalue weighted by atomic mass is 9.83. The lowest BCUT2D eigenvalue weighted by molar-refractivity contribution is -0.123. The van der Waals surface area contributed by atoms with E-state index in [9.17, 15) is 9.59 Å². The van der Waals surface area contributed by atoms with Crippen LogP contribution in [0.3, 0.4) is 0 Å². The number of nitrogens with one attached hydrogen (secondary N) is 2. The van der Waals surface area contributed by atoms with Crippen LogP contribution in [0.2, 0.25) is 0 Å². The predicted octanol–water partition coefficient (Wildman–Crippen LogP) is 8.27. The van der Waals surface area contributed by atoms with Crippen molar-refractivity contribution in [1.29, 1.82) is 0 Å². The summed E-state index contributed by atoms with van der Waals surface area (Å²) >= 11 is 0. The zero-order valence-corrected chi connectivity index (χ0v) is 26.8. The number of anilines is 3. The van der Waals surface area contributed by atoms with Gasteiger partial charge in [-0.2, -0.15) is 0 Å². The van der Waals surface area contributed by atoms with Crippen molar-refractivity contribution < 1.29 is 14.0 Å². The minimum absolute atomic E-state index is 0.0875. The monoisotopic (exact) mass is 610 g/mol. The molecule has 6 rings (SSSR count). The Morgan fingerprint density at radius 1 is 0.844 bits per heavy atom. The average molecular weight is 611 g/mol. The van der Waals surface area contributed by atoms with E-state index >= 15 is 4.39 Å². The zero-order valence-electron chi connectivity index (χ0n) is 26.8. The molecule has 1 aliphatic carbocycles. The molecular formula is C38H47FN4O2. The van der Waals surface area contributed by atoms with Crippen molar-refractivity contribution in [3.8, 4) is 0 Å². The molecule has 1 saturated carbocycles. The number of hydrogen-bond donors (Lipinski definition) is 2. The number of amides is 2. The maximum Gasteiger partial charge on any atom is 0.257 e. The van der Waals surface area contributed by atoms with Gasteiger partial charge in [0.2, 0.25) is 5.91 Å². The highest BCUT2D eigenvalue weighted by atomic mass is 19.1. The molecule has 6 nitrogen and oxygen atoms in total. The summed E-state index contributed by atoms with van der Waals surface area (Å²) in [5.74, 6) is -1.47. The second-order valence-corrected chi connectivity index (χ2v) is 13.1. The third kappa shape index (κ3) is 6.87. The molecule has 3 aromatic rings. The molecule has 2 aliphatic heterocycles. The van der Waals surface area contributed by atoms with Crippen LogP contribution in [0.25, 0.3) is 0 Å². The summed E-state index contributed by atoms with van der Waals surface area (Å²) < 4.78 is 15.1. The Balaban J connectivity index is 1.30. The third-order valence-electron chi connectivity index (χ3n) is 10.1. The number of carbonyl (C=O) groups is 2. The predicted molar refractivity (Wildman–Crippen MR) is 180 cm³/mol. The standard InChI is InChI=1S/C38H47FN4O2/c1-3-27-16-21-31(25-34(27)42-22-7-8-23-42)41-37(44)32-14-10-24-43(38(45)35-26(2)11-9-15-33(35)39)36(32)28-17-19-30(20-18-28)40-29-12-5-4-6-13-29/h9,11,15-21,25,29,32,36,40H,3-8,10,12-14,22-24H2,1-2H3,(H,41,44)/t32?,36-/m0/s1. The van der Waals surface area contributed by atoms with E-state index in [0.29, 0.717) is 31.0 Å². The largest absolute Gasteiger partial charge is 0.382 e. The van der Waals surface area contributed by atoms with Crippen LogP contribution in [-0.4, -0.2) is 42.4 Å². The fraction of sp³-hybridized carbons (Fsp3) is 0.474. The van der Waals surface area contributed by atoms with Gasteiger partial charge in [0.05, 0.1) is 17.5 Å². The summed E-state index contributed by atoms with van der Waals surface area (Å²) in [4.78, 5) is 32.4. The van der Waals surface area contributed by atoms with Crippen molar-refractivity contribution in [3.63, 3.8) is 0 Å². The molecule has 3 aliphatic rings. The van der Waals surface area contributed by atoms with Gasteiger partial charge in [-0.15, -0.1) is 0 Å². The Hall–Kier alpha value is -3.87. The molecule has 3 fully saturated rings. The van der Waals surface area contributed by atoms with Crippen molar-refractivity contribution in [3.05, 3.63) is 88.7 Å². The maximum absolute atomic E-state index is 15.1. The molecule has 2 heterocycles. The Bertz CT molecular complexity index is 1470. The van der Waals surface area contributed by atoms with Crippen LogP contribution < -0.4 is 15.5 Å². The molecule has 0 bridgehead atoms. The first-order valence-electron chi connectivity index (χ1n) is 17.0. The highest BCUT2D eigenvalue weighted by Gasteiger charge is 2.40. The minimum atomic E-state index is -0.525. The number of aryl methyl sites for hydroxylation is 2. The van der Waals surface area contributed by atoms with E-state index in [-0.39, 0.29) is 17.4 Å². The first-order chi connectivity index (χ1) is 21.9. The van der Waals surface area contributed by atoms with E-state index in [0.717, 1.165) is 36.4 Å². The van der Waals surface area contributed by atoms with E-state index in [4.69, 9.17) is 0 Å². The normalized spacial score (nSPS) is 20.7. The Labute approximate surface area is 267 Å². The van der Waals surface area contributed by atoms with Crippen molar-refractivity contribution in [2.75, 3.05) is 35.2 Å². The van der Waals surface area contributed by atoms with Crippen LogP contribution >= 0.6 is 0 Å². The van der Waals surface area contributed by atoms with Gasteiger partial charge in [0.25, 0.3) is 5.91 Å². The van der Waals surface area contributed by atoms with Gasteiger partial charge < -0.3 is 20.4 Å². The summed E-state index contributed by atoms with van der Waals surface area (Å²) in [6, 6.07) is 19.1. The number of halogens is 1. The summed E-state index contributed by atoms with van der Waals surface area (Å²) in [5.41, 5.74) is 5.89. The summed E-state index contributed by atoms with van der Waals surface area (Å²) in [5, 5.41) is 6.90. The summed E-state index contributed by atoms with van der Waals surface area (Å²) in [6.07, 6.45) is 10.8. The first-order valence-corrected chi connectivity index (χ1v) is 17.0. The van der Waals surface area contributed by atoms with Gasteiger partial charge in [0.15, 0.2) is 0 Å². The Kier molecular flexibility index (Phi) is 9.72. The number of likely N-dealkylation sites (tertiary alicyclic amines) is 1. The van der Waals surface area contributed by atoms with Gasteiger partial charge in [-0.1, -0.05) is 56.5 Å². The lowest BCUT2D eigenvalue weighted by Crippen LogP contribution is -2.46. The van der Waals surface area contributed by atoms with Gasteiger partial charge >= 0.3 is 0 Å². The number of benzene rings is 3.